The van der Waals surface area contributed by atoms with Crippen molar-refractivity contribution >= 4 is 5.96 Å². The van der Waals surface area contributed by atoms with E-state index in [9.17, 15) is 13.2 Å². The number of benzene rings is 1. The molecular formula is C19H25F3N4O2. The first-order chi connectivity index (χ1) is 13.3. The number of nitrogens with zero attached hydrogens (tertiary/aromatic N) is 2. The second-order valence-corrected chi connectivity index (χ2v) is 6.04. The third-order valence-corrected chi connectivity index (χ3v) is 4.33. The number of aryl methyl sites for hydroxylation is 2. The van der Waals surface area contributed by atoms with Crippen LogP contribution in [0.5, 0.6) is 5.75 Å². The van der Waals surface area contributed by atoms with Crippen LogP contribution in [0.15, 0.2) is 27.7 Å². The molecule has 1 aromatic heterocycles. The maximum atomic E-state index is 13.3. The first kappa shape index (κ1) is 21.6. The molecule has 2 rings (SSSR count). The quantitative estimate of drug-likeness (QED) is 0.550. The minimum absolute atomic E-state index is 0.0383. The van der Waals surface area contributed by atoms with Crippen LogP contribution < -0.4 is 15.4 Å². The third-order valence-electron chi connectivity index (χ3n) is 4.33. The molecule has 0 fully saturated rings. The van der Waals surface area contributed by atoms with Gasteiger partial charge in [0.2, 0.25) is 0 Å². The Balaban J connectivity index is 2.08. The number of rotatable bonds is 7. The van der Waals surface area contributed by atoms with Gasteiger partial charge in [-0.15, -0.1) is 0 Å². The molecule has 0 saturated carbocycles. The SMILES string of the molecule is CCc1noc(CC)c1CNC(=NC)NCc1ccc(OC)cc1C(F)(F)F. The van der Waals surface area contributed by atoms with Crippen molar-refractivity contribution in [2.75, 3.05) is 14.2 Å². The largest absolute Gasteiger partial charge is 0.497 e. The summed E-state index contributed by atoms with van der Waals surface area (Å²) in [5, 5.41) is 10.1. The van der Waals surface area contributed by atoms with E-state index >= 15 is 0 Å². The van der Waals surface area contributed by atoms with Crippen molar-refractivity contribution < 1.29 is 22.4 Å². The Kier molecular flexibility index (Phi) is 7.31. The topological polar surface area (TPSA) is 71.7 Å². The van der Waals surface area contributed by atoms with Gasteiger partial charge in [-0.2, -0.15) is 13.2 Å². The number of aliphatic imine (C=N–C) groups is 1. The number of aromatic nitrogens is 1. The molecule has 2 N–H and O–H groups in total. The molecule has 1 aromatic carbocycles. The molecule has 0 aliphatic carbocycles. The lowest BCUT2D eigenvalue weighted by Gasteiger charge is -2.16. The highest BCUT2D eigenvalue weighted by atomic mass is 19.4. The number of halogens is 3. The predicted octanol–water partition coefficient (Wildman–Crippen LogP) is 3.69. The summed E-state index contributed by atoms with van der Waals surface area (Å²) in [4.78, 5) is 4.08. The molecule has 0 spiro atoms. The molecule has 2 aromatic rings. The summed E-state index contributed by atoms with van der Waals surface area (Å²) in [5.41, 5.74) is 1.17. The van der Waals surface area contributed by atoms with Crippen LogP contribution in [0.2, 0.25) is 0 Å². The Morgan fingerprint density at radius 1 is 1.18 bits per heavy atom. The molecule has 0 aliphatic rings. The summed E-state index contributed by atoms with van der Waals surface area (Å²) in [6.07, 6.45) is -3.04. The number of hydrogen-bond donors (Lipinski definition) is 2. The van der Waals surface area contributed by atoms with Gasteiger partial charge >= 0.3 is 6.18 Å². The molecule has 9 heteroatoms. The van der Waals surface area contributed by atoms with Crippen molar-refractivity contribution in [3.63, 3.8) is 0 Å². The molecular weight excluding hydrogens is 373 g/mol. The number of alkyl halides is 3. The summed E-state index contributed by atoms with van der Waals surface area (Å²) >= 11 is 0. The first-order valence-electron chi connectivity index (χ1n) is 8.98. The zero-order chi connectivity index (χ0) is 20.7. The molecule has 0 radical (unpaired) electrons. The van der Waals surface area contributed by atoms with Crippen LogP contribution in [0.4, 0.5) is 13.2 Å². The van der Waals surface area contributed by atoms with Gasteiger partial charge in [-0.25, -0.2) is 0 Å². The van der Waals surface area contributed by atoms with Gasteiger partial charge in [0.15, 0.2) is 5.96 Å². The molecule has 0 aliphatic heterocycles. The van der Waals surface area contributed by atoms with Crippen LogP contribution in [0.3, 0.4) is 0 Å². The van der Waals surface area contributed by atoms with Gasteiger partial charge in [-0.05, 0) is 24.1 Å². The van der Waals surface area contributed by atoms with Gasteiger partial charge in [0.05, 0.1) is 18.4 Å². The van der Waals surface area contributed by atoms with E-state index in [1.165, 1.54) is 19.2 Å². The number of hydrogen-bond acceptors (Lipinski definition) is 4. The zero-order valence-electron chi connectivity index (χ0n) is 16.4. The van der Waals surface area contributed by atoms with E-state index in [1.807, 2.05) is 13.8 Å². The number of guanidine groups is 1. The van der Waals surface area contributed by atoms with Crippen molar-refractivity contribution in [3.8, 4) is 5.75 Å². The molecule has 154 valence electrons. The minimum atomic E-state index is -4.48. The fraction of sp³-hybridized carbons (Fsp3) is 0.474. The van der Waals surface area contributed by atoms with Crippen LogP contribution in [-0.2, 0) is 32.1 Å². The summed E-state index contributed by atoms with van der Waals surface area (Å²) < 4.78 is 50.2. The molecule has 0 bridgehead atoms. The lowest BCUT2D eigenvalue weighted by atomic mass is 10.1. The van der Waals surface area contributed by atoms with Crippen LogP contribution in [-0.4, -0.2) is 25.3 Å². The molecule has 0 amide bonds. The second kappa shape index (κ2) is 9.48. The van der Waals surface area contributed by atoms with Crippen LogP contribution in [0, 0.1) is 0 Å². The van der Waals surface area contributed by atoms with E-state index in [2.05, 4.69) is 20.8 Å². The second-order valence-electron chi connectivity index (χ2n) is 6.04. The summed E-state index contributed by atoms with van der Waals surface area (Å²) in [6.45, 7) is 4.34. The van der Waals surface area contributed by atoms with Gasteiger partial charge in [0, 0.05) is 32.1 Å². The third kappa shape index (κ3) is 5.17. The highest BCUT2D eigenvalue weighted by Gasteiger charge is 2.33. The Morgan fingerprint density at radius 3 is 2.46 bits per heavy atom. The smallest absolute Gasteiger partial charge is 0.416 e. The van der Waals surface area contributed by atoms with E-state index in [0.29, 0.717) is 18.9 Å². The van der Waals surface area contributed by atoms with Gasteiger partial charge in [-0.3, -0.25) is 4.99 Å². The minimum Gasteiger partial charge on any atom is -0.497 e. The monoisotopic (exact) mass is 398 g/mol. The Labute approximate surface area is 162 Å². The van der Waals surface area contributed by atoms with E-state index in [0.717, 1.165) is 29.5 Å². The van der Waals surface area contributed by atoms with Gasteiger partial charge in [0.1, 0.15) is 11.5 Å². The van der Waals surface area contributed by atoms with Gasteiger partial charge in [-0.1, -0.05) is 25.1 Å². The predicted molar refractivity (Wildman–Crippen MR) is 100 cm³/mol. The van der Waals surface area contributed by atoms with Crippen molar-refractivity contribution in [2.24, 2.45) is 4.99 Å². The Hall–Kier alpha value is -2.71. The molecule has 0 unspecified atom stereocenters. The Morgan fingerprint density at radius 2 is 1.89 bits per heavy atom. The molecule has 1 heterocycles. The number of ether oxygens (including phenoxy) is 1. The van der Waals surface area contributed by atoms with Crippen molar-refractivity contribution in [3.05, 3.63) is 46.3 Å². The number of methoxy groups -OCH3 is 1. The van der Waals surface area contributed by atoms with Crippen LogP contribution in [0.1, 0.15) is 42.0 Å². The highest BCUT2D eigenvalue weighted by molar-refractivity contribution is 5.79. The molecule has 6 nitrogen and oxygen atoms in total. The molecule has 0 atom stereocenters. The number of nitrogens with one attached hydrogen (secondary N) is 2. The van der Waals surface area contributed by atoms with Gasteiger partial charge in [0.25, 0.3) is 0 Å². The maximum Gasteiger partial charge on any atom is 0.416 e. The average Bonchev–Trinajstić information content (AvgIpc) is 3.09. The molecule has 0 saturated heterocycles. The average molecular weight is 398 g/mol. The highest BCUT2D eigenvalue weighted by Crippen LogP contribution is 2.34. The lowest BCUT2D eigenvalue weighted by Crippen LogP contribution is -2.37. The van der Waals surface area contributed by atoms with Crippen molar-refractivity contribution in [1.82, 2.24) is 15.8 Å². The zero-order valence-corrected chi connectivity index (χ0v) is 16.4. The van der Waals surface area contributed by atoms with E-state index in [4.69, 9.17) is 9.26 Å². The summed E-state index contributed by atoms with van der Waals surface area (Å²) in [5.74, 6) is 1.33. The van der Waals surface area contributed by atoms with E-state index in [1.54, 1.807) is 7.05 Å². The first-order valence-corrected chi connectivity index (χ1v) is 8.98. The normalized spacial score (nSPS) is 12.2. The van der Waals surface area contributed by atoms with E-state index in [-0.39, 0.29) is 17.9 Å². The fourth-order valence-electron chi connectivity index (χ4n) is 2.81. The Bertz CT molecular complexity index is 794. The lowest BCUT2D eigenvalue weighted by molar-refractivity contribution is -0.138. The van der Waals surface area contributed by atoms with E-state index < -0.39 is 11.7 Å². The van der Waals surface area contributed by atoms with Crippen LogP contribution >= 0.6 is 0 Å². The fourth-order valence-corrected chi connectivity index (χ4v) is 2.81. The van der Waals surface area contributed by atoms with Crippen molar-refractivity contribution in [2.45, 2.75) is 46.0 Å². The van der Waals surface area contributed by atoms with Crippen LogP contribution in [0.25, 0.3) is 0 Å². The molecule has 28 heavy (non-hydrogen) atoms. The van der Waals surface area contributed by atoms with Gasteiger partial charge < -0.3 is 19.9 Å². The maximum absolute atomic E-state index is 13.3. The summed E-state index contributed by atoms with van der Waals surface area (Å²) in [6, 6.07) is 3.89. The standard InChI is InChI=1S/C19H25F3N4O2/c1-5-16-14(17(6-2)28-26-16)11-25-18(23-3)24-10-12-7-8-13(27-4)9-15(12)19(20,21)22/h7-9H,5-6,10-11H2,1-4H3,(H2,23,24,25). The van der Waals surface area contributed by atoms with Crippen molar-refractivity contribution in [1.29, 1.82) is 0 Å². The summed E-state index contributed by atoms with van der Waals surface area (Å²) in [7, 11) is 2.89.